The summed E-state index contributed by atoms with van der Waals surface area (Å²) >= 11 is 5.43. The molecule has 1 amide bonds. The van der Waals surface area contributed by atoms with Gasteiger partial charge in [0.2, 0.25) is 0 Å². The molecule has 4 nitrogen and oxygen atoms in total. The van der Waals surface area contributed by atoms with Crippen LogP contribution in [-0.2, 0) is 4.74 Å². The summed E-state index contributed by atoms with van der Waals surface area (Å²) in [5.74, 6) is 0.119. The van der Waals surface area contributed by atoms with Crippen LogP contribution in [0.15, 0.2) is 18.2 Å². The van der Waals surface area contributed by atoms with Gasteiger partial charge in [-0.3, -0.25) is 4.79 Å². The van der Waals surface area contributed by atoms with Crippen LogP contribution in [0.5, 0.6) is 5.75 Å². The molecule has 0 bridgehead atoms. The molecule has 0 aliphatic carbocycles. The first-order chi connectivity index (χ1) is 8.15. The number of amides is 1. The maximum absolute atomic E-state index is 11.7. The van der Waals surface area contributed by atoms with Crippen LogP contribution in [0.25, 0.3) is 0 Å². The van der Waals surface area contributed by atoms with Crippen molar-refractivity contribution < 1.29 is 14.6 Å². The second kappa shape index (κ2) is 7.14. The van der Waals surface area contributed by atoms with Crippen molar-refractivity contribution in [1.82, 2.24) is 5.32 Å². The molecule has 0 fully saturated rings. The number of phenolic OH excluding ortho intramolecular Hbond substituents is 1. The van der Waals surface area contributed by atoms with Gasteiger partial charge in [-0.25, -0.2) is 0 Å². The van der Waals surface area contributed by atoms with E-state index < -0.39 is 0 Å². The molecule has 2 N–H and O–H groups in total. The van der Waals surface area contributed by atoms with Crippen molar-refractivity contribution in [3.05, 3.63) is 29.3 Å². The summed E-state index contributed by atoms with van der Waals surface area (Å²) in [6, 6.07) is 4.93. The van der Waals surface area contributed by atoms with Crippen LogP contribution in [0, 0.1) is 6.92 Å². The minimum atomic E-state index is -0.308. The highest BCUT2D eigenvalue weighted by Gasteiger charge is 2.09. The van der Waals surface area contributed by atoms with Crippen LogP contribution >= 0.6 is 11.6 Å². The Morgan fingerprint density at radius 3 is 2.88 bits per heavy atom. The first kappa shape index (κ1) is 13.8. The van der Waals surface area contributed by atoms with E-state index in [9.17, 15) is 9.90 Å². The smallest absolute Gasteiger partial charge is 0.255 e. The van der Waals surface area contributed by atoms with Crippen molar-refractivity contribution in [3.63, 3.8) is 0 Å². The molecular formula is C12H16ClNO3. The number of ether oxygens (including phenoxy) is 1. The minimum Gasteiger partial charge on any atom is -0.507 e. The Balaban J connectivity index is 2.42. The zero-order valence-electron chi connectivity index (χ0n) is 9.70. The zero-order chi connectivity index (χ0) is 12.7. The molecule has 5 heteroatoms. The van der Waals surface area contributed by atoms with E-state index in [-0.39, 0.29) is 17.2 Å². The first-order valence-corrected chi connectivity index (χ1v) is 5.90. The fraction of sp³-hybridized carbons (Fsp3) is 0.417. The lowest BCUT2D eigenvalue weighted by Gasteiger charge is -2.07. The second-order valence-electron chi connectivity index (χ2n) is 3.58. The number of aromatic hydroxyl groups is 1. The molecule has 0 aliphatic rings. The number of hydrogen-bond acceptors (Lipinski definition) is 3. The van der Waals surface area contributed by atoms with Gasteiger partial charge in [0.1, 0.15) is 5.75 Å². The molecule has 1 rings (SSSR count). The van der Waals surface area contributed by atoms with E-state index in [4.69, 9.17) is 16.3 Å². The highest BCUT2D eigenvalue weighted by atomic mass is 35.5. The van der Waals surface area contributed by atoms with Gasteiger partial charge in [-0.1, -0.05) is 6.07 Å². The van der Waals surface area contributed by atoms with Gasteiger partial charge in [0.25, 0.3) is 5.91 Å². The number of carbonyl (C=O) groups excluding carboxylic acids is 1. The number of halogens is 1. The largest absolute Gasteiger partial charge is 0.507 e. The number of hydrogen-bond donors (Lipinski definition) is 2. The summed E-state index contributed by atoms with van der Waals surface area (Å²) in [7, 11) is 0. The quantitative estimate of drug-likeness (QED) is 0.602. The number of rotatable bonds is 6. The predicted molar refractivity (Wildman–Crippen MR) is 66.7 cm³/mol. The Morgan fingerprint density at radius 1 is 1.47 bits per heavy atom. The van der Waals surface area contributed by atoms with Gasteiger partial charge >= 0.3 is 0 Å². The third-order valence-corrected chi connectivity index (χ3v) is 2.31. The van der Waals surface area contributed by atoms with Crippen LogP contribution < -0.4 is 5.32 Å². The van der Waals surface area contributed by atoms with Crippen LogP contribution in [0.3, 0.4) is 0 Å². The Hall–Kier alpha value is -1.26. The molecule has 0 aromatic heterocycles. The van der Waals surface area contributed by atoms with Gasteiger partial charge < -0.3 is 15.2 Å². The molecule has 0 atom stereocenters. The SMILES string of the molecule is Cc1ccc(C(=O)NCCOCCCl)c(O)c1. The Morgan fingerprint density at radius 2 is 2.24 bits per heavy atom. The molecule has 0 saturated carbocycles. The summed E-state index contributed by atoms with van der Waals surface area (Å²) in [5.41, 5.74) is 1.18. The van der Waals surface area contributed by atoms with Gasteiger partial charge in [0, 0.05) is 12.4 Å². The highest BCUT2D eigenvalue weighted by Crippen LogP contribution is 2.17. The van der Waals surface area contributed by atoms with Gasteiger partial charge in [0.05, 0.1) is 18.8 Å². The molecule has 1 aromatic carbocycles. The lowest BCUT2D eigenvalue weighted by Crippen LogP contribution is -2.27. The molecule has 0 saturated heterocycles. The lowest BCUT2D eigenvalue weighted by atomic mass is 10.1. The summed E-state index contributed by atoms with van der Waals surface area (Å²) in [4.78, 5) is 11.7. The van der Waals surface area contributed by atoms with Gasteiger partial charge in [-0.05, 0) is 24.6 Å². The Bertz CT molecular complexity index is 382. The third kappa shape index (κ3) is 4.63. The Kier molecular flexibility index (Phi) is 5.80. The van der Waals surface area contributed by atoms with Crippen LogP contribution in [0.2, 0.25) is 0 Å². The minimum absolute atomic E-state index is 0.0100. The van der Waals surface area contributed by atoms with Crippen LogP contribution in [0.4, 0.5) is 0 Å². The van der Waals surface area contributed by atoms with Crippen molar-refractivity contribution >= 4 is 17.5 Å². The maximum Gasteiger partial charge on any atom is 0.255 e. The van der Waals surface area contributed by atoms with E-state index in [0.29, 0.717) is 25.6 Å². The third-order valence-electron chi connectivity index (χ3n) is 2.15. The van der Waals surface area contributed by atoms with E-state index in [1.165, 1.54) is 0 Å². The number of alkyl halides is 1. The fourth-order valence-electron chi connectivity index (χ4n) is 1.32. The monoisotopic (exact) mass is 257 g/mol. The molecular weight excluding hydrogens is 242 g/mol. The number of phenols is 1. The lowest BCUT2D eigenvalue weighted by molar-refractivity contribution is 0.0921. The van der Waals surface area contributed by atoms with Crippen molar-refractivity contribution in [3.8, 4) is 5.75 Å². The topological polar surface area (TPSA) is 58.6 Å². The molecule has 17 heavy (non-hydrogen) atoms. The number of benzene rings is 1. The summed E-state index contributed by atoms with van der Waals surface area (Å²) < 4.78 is 5.11. The standard InChI is InChI=1S/C12H16ClNO3/c1-9-2-3-10(11(15)8-9)12(16)14-5-7-17-6-4-13/h2-3,8,15H,4-7H2,1H3,(H,14,16). The van der Waals surface area contributed by atoms with Gasteiger partial charge in [-0.2, -0.15) is 0 Å². The highest BCUT2D eigenvalue weighted by molar-refractivity contribution is 6.17. The van der Waals surface area contributed by atoms with E-state index in [0.717, 1.165) is 5.56 Å². The molecule has 0 heterocycles. The summed E-state index contributed by atoms with van der Waals surface area (Å²) in [6.45, 7) is 3.11. The number of aryl methyl sites for hydroxylation is 1. The van der Waals surface area contributed by atoms with E-state index >= 15 is 0 Å². The van der Waals surface area contributed by atoms with Gasteiger partial charge in [-0.15, -0.1) is 11.6 Å². The van der Waals surface area contributed by atoms with Crippen molar-refractivity contribution in [2.24, 2.45) is 0 Å². The number of nitrogens with one attached hydrogen (secondary N) is 1. The molecule has 1 aromatic rings. The zero-order valence-corrected chi connectivity index (χ0v) is 10.5. The maximum atomic E-state index is 11.7. The fourth-order valence-corrected chi connectivity index (χ4v) is 1.43. The number of carbonyl (C=O) groups is 1. The summed E-state index contributed by atoms with van der Waals surface area (Å²) in [5, 5.41) is 12.2. The van der Waals surface area contributed by atoms with Crippen molar-refractivity contribution in [1.29, 1.82) is 0 Å². The molecule has 0 aliphatic heterocycles. The van der Waals surface area contributed by atoms with Gasteiger partial charge in [0.15, 0.2) is 0 Å². The van der Waals surface area contributed by atoms with E-state index in [1.54, 1.807) is 18.2 Å². The molecule has 0 unspecified atom stereocenters. The van der Waals surface area contributed by atoms with Crippen LogP contribution in [-0.4, -0.2) is 36.7 Å². The average Bonchev–Trinajstić information content (AvgIpc) is 2.28. The summed E-state index contributed by atoms with van der Waals surface area (Å²) in [6.07, 6.45) is 0. The van der Waals surface area contributed by atoms with Crippen molar-refractivity contribution in [2.45, 2.75) is 6.92 Å². The van der Waals surface area contributed by atoms with E-state index in [1.807, 2.05) is 6.92 Å². The average molecular weight is 258 g/mol. The normalized spacial score (nSPS) is 10.2. The predicted octanol–water partition coefficient (Wildman–Crippen LogP) is 1.69. The van der Waals surface area contributed by atoms with Crippen LogP contribution in [0.1, 0.15) is 15.9 Å². The second-order valence-corrected chi connectivity index (χ2v) is 3.96. The molecule has 0 radical (unpaired) electrons. The van der Waals surface area contributed by atoms with Crippen molar-refractivity contribution in [2.75, 3.05) is 25.6 Å². The first-order valence-electron chi connectivity index (χ1n) is 5.36. The molecule has 94 valence electrons. The Labute approximate surface area is 106 Å². The van der Waals surface area contributed by atoms with E-state index in [2.05, 4.69) is 5.32 Å². The molecule has 0 spiro atoms.